The van der Waals surface area contributed by atoms with Crippen LogP contribution in [-0.2, 0) is 16.1 Å². The third kappa shape index (κ3) is 4.71. The first-order valence-electron chi connectivity index (χ1n) is 9.95. The molecule has 4 rings (SSSR count). The number of aromatic nitrogens is 2. The Bertz CT molecular complexity index is 1190. The molecule has 7 nitrogen and oxygen atoms in total. The first-order chi connectivity index (χ1) is 15.7. The van der Waals surface area contributed by atoms with Gasteiger partial charge in [-0.25, -0.2) is 8.78 Å². The Morgan fingerprint density at radius 1 is 1.15 bits per heavy atom. The maximum atomic E-state index is 14.9. The van der Waals surface area contributed by atoms with Crippen molar-refractivity contribution in [2.45, 2.75) is 19.9 Å². The summed E-state index contributed by atoms with van der Waals surface area (Å²) in [5.74, 6) is -3.48. The van der Waals surface area contributed by atoms with Crippen LogP contribution in [0.3, 0.4) is 0 Å². The lowest BCUT2D eigenvalue weighted by Gasteiger charge is -2.40. The summed E-state index contributed by atoms with van der Waals surface area (Å²) in [6, 6.07) is 9.14. The Labute approximate surface area is 185 Å². The van der Waals surface area contributed by atoms with Crippen molar-refractivity contribution >= 4 is 17.5 Å². The first-order valence-corrected chi connectivity index (χ1v) is 9.95. The van der Waals surface area contributed by atoms with Gasteiger partial charge in [-0.1, -0.05) is 12.1 Å². The highest BCUT2D eigenvalue weighted by Crippen LogP contribution is 2.28. The number of hydrogen-bond acceptors (Lipinski definition) is 5. The fraction of sp³-hybridized carbons (Fsp3) is 0.273. The number of anilines is 1. The number of likely N-dealkylation sites (tertiary alicyclic amines) is 1. The summed E-state index contributed by atoms with van der Waals surface area (Å²) in [4.78, 5) is 27.3. The van der Waals surface area contributed by atoms with Crippen molar-refractivity contribution in [2.75, 3.05) is 18.0 Å². The number of alkyl halides is 2. The molecule has 0 N–H and O–H groups in total. The number of nitrogens with zero attached hydrogens (tertiary/aromatic N) is 4. The van der Waals surface area contributed by atoms with Crippen molar-refractivity contribution in [1.82, 2.24) is 15.1 Å². The van der Waals surface area contributed by atoms with Crippen molar-refractivity contribution in [3.63, 3.8) is 0 Å². The van der Waals surface area contributed by atoms with Gasteiger partial charge in [-0.05, 0) is 30.3 Å². The zero-order chi connectivity index (χ0) is 23.7. The van der Waals surface area contributed by atoms with Crippen LogP contribution < -0.4 is 4.90 Å². The van der Waals surface area contributed by atoms with Gasteiger partial charge in [0.05, 0.1) is 12.5 Å². The van der Waals surface area contributed by atoms with E-state index in [1.54, 1.807) is 0 Å². The smallest absolute Gasteiger partial charge is 0.314 e. The number of carbonyl (C=O) groups excluding carboxylic acids is 2. The zero-order valence-corrected chi connectivity index (χ0v) is 17.3. The Morgan fingerprint density at radius 3 is 2.52 bits per heavy atom. The molecule has 1 aliphatic rings. The normalized spacial score (nSPS) is 13.8. The summed E-state index contributed by atoms with van der Waals surface area (Å²) in [6.45, 7) is 1.64. The van der Waals surface area contributed by atoms with Gasteiger partial charge in [-0.15, -0.1) is 10.2 Å². The van der Waals surface area contributed by atoms with E-state index in [1.165, 1.54) is 47.1 Å². The third-order valence-corrected chi connectivity index (χ3v) is 5.32. The standard InChI is InChI=1S/C22H18F4N4O3/c1-12(31)29-9-15(10-29)22(32)30(17-4-2-3-16(23)8-17)11-14-6-5-13(7-18(14)24)20-27-28-21(33-20)19(25)26/h2-8,15,19H,9-11H2,1H3. The predicted octanol–water partition coefficient (Wildman–Crippen LogP) is 3.96. The average molecular weight is 462 g/mol. The fourth-order valence-corrected chi connectivity index (χ4v) is 3.47. The Kier molecular flexibility index (Phi) is 6.12. The monoisotopic (exact) mass is 462 g/mol. The van der Waals surface area contributed by atoms with Crippen LogP contribution in [0.2, 0.25) is 0 Å². The average Bonchev–Trinajstić information content (AvgIpc) is 3.22. The lowest BCUT2D eigenvalue weighted by atomic mass is 9.97. The maximum absolute atomic E-state index is 14.9. The molecule has 0 aliphatic carbocycles. The van der Waals surface area contributed by atoms with E-state index in [9.17, 15) is 27.2 Å². The molecule has 1 fully saturated rings. The summed E-state index contributed by atoms with van der Waals surface area (Å²) in [5, 5.41) is 6.70. The largest absolute Gasteiger partial charge is 0.415 e. The minimum absolute atomic E-state index is 0.0929. The van der Waals surface area contributed by atoms with Crippen LogP contribution in [0, 0.1) is 17.6 Å². The van der Waals surface area contributed by atoms with Crippen LogP contribution in [0.25, 0.3) is 11.5 Å². The molecule has 0 unspecified atom stereocenters. The summed E-state index contributed by atoms with van der Waals surface area (Å²) in [5.41, 5.74) is 0.436. The lowest BCUT2D eigenvalue weighted by Crippen LogP contribution is -2.56. The van der Waals surface area contributed by atoms with E-state index in [0.29, 0.717) is 0 Å². The Morgan fingerprint density at radius 2 is 1.91 bits per heavy atom. The van der Waals surface area contributed by atoms with E-state index in [4.69, 9.17) is 4.42 Å². The van der Waals surface area contributed by atoms with Crippen molar-refractivity contribution < 1.29 is 31.6 Å². The van der Waals surface area contributed by atoms with E-state index in [-0.39, 0.29) is 54.2 Å². The van der Waals surface area contributed by atoms with Gasteiger partial charge in [0.15, 0.2) is 0 Å². The van der Waals surface area contributed by atoms with Crippen molar-refractivity contribution in [1.29, 1.82) is 0 Å². The molecule has 0 saturated carbocycles. The van der Waals surface area contributed by atoms with E-state index >= 15 is 0 Å². The van der Waals surface area contributed by atoms with Gasteiger partial charge in [-0.2, -0.15) is 8.78 Å². The van der Waals surface area contributed by atoms with E-state index in [1.807, 2.05) is 0 Å². The molecule has 1 saturated heterocycles. The predicted molar refractivity (Wildman–Crippen MR) is 108 cm³/mol. The summed E-state index contributed by atoms with van der Waals surface area (Å²) >= 11 is 0. The SMILES string of the molecule is CC(=O)N1CC(C(=O)N(Cc2ccc(-c3nnc(C(F)F)o3)cc2F)c2cccc(F)c2)C1. The molecule has 0 radical (unpaired) electrons. The summed E-state index contributed by atoms with van der Waals surface area (Å²) < 4.78 is 58.9. The second-order valence-corrected chi connectivity index (χ2v) is 7.58. The third-order valence-electron chi connectivity index (χ3n) is 5.32. The molecule has 0 bridgehead atoms. The lowest BCUT2D eigenvalue weighted by molar-refractivity contribution is -0.140. The van der Waals surface area contributed by atoms with E-state index in [0.717, 1.165) is 12.1 Å². The van der Waals surface area contributed by atoms with Gasteiger partial charge in [0.1, 0.15) is 11.6 Å². The van der Waals surface area contributed by atoms with Gasteiger partial charge in [-0.3, -0.25) is 9.59 Å². The number of hydrogen-bond donors (Lipinski definition) is 0. The zero-order valence-electron chi connectivity index (χ0n) is 17.3. The highest BCUT2D eigenvalue weighted by molar-refractivity contribution is 5.96. The molecule has 172 valence electrons. The molecule has 0 spiro atoms. The molecule has 1 aliphatic heterocycles. The molecule has 3 aromatic rings. The van der Waals surface area contributed by atoms with Crippen molar-refractivity contribution in [2.24, 2.45) is 5.92 Å². The molecular formula is C22H18F4N4O3. The number of carbonyl (C=O) groups is 2. The minimum atomic E-state index is -2.95. The fourth-order valence-electron chi connectivity index (χ4n) is 3.47. The molecule has 2 aromatic carbocycles. The van der Waals surface area contributed by atoms with Crippen LogP contribution in [0.1, 0.15) is 24.8 Å². The molecule has 11 heteroatoms. The van der Waals surface area contributed by atoms with Gasteiger partial charge in [0, 0.05) is 36.8 Å². The number of rotatable bonds is 6. The summed E-state index contributed by atoms with van der Waals surface area (Å²) in [7, 11) is 0. The number of halogens is 4. The van der Waals surface area contributed by atoms with Crippen molar-refractivity contribution in [3.8, 4) is 11.5 Å². The second-order valence-electron chi connectivity index (χ2n) is 7.58. The molecule has 1 aromatic heterocycles. The van der Waals surface area contributed by atoms with Gasteiger partial charge >= 0.3 is 6.43 Å². The molecule has 2 amide bonds. The first kappa shape index (κ1) is 22.4. The minimum Gasteiger partial charge on any atom is -0.415 e. The topological polar surface area (TPSA) is 79.5 Å². The molecule has 0 atom stereocenters. The number of amides is 2. The van der Waals surface area contributed by atoms with Crippen LogP contribution in [0.4, 0.5) is 23.2 Å². The highest BCUT2D eigenvalue weighted by atomic mass is 19.3. The maximum Gasteiger partial charge on any atom is 0.314 e. The van der Waals surface area contributed by atoms with Gasteiger partial charge < -0.3 is 14.2 Å². The van der Waals surface area contributed by atoms with Crippen LogP contribution in [0.5, 0.6) is 0 Å². The molecular weight excluding hydrogens is 444 g/mol. The summed E-state index contributed by atoms with van der Waals surface area (Å²) in [6.07, 6.45) is -2.95. The Balaban J connectivity index is 1.59. The Hall–Kier alpha value is -3.76. The van der Waals surface area contributed by atoms with Crippen molar-refractivity contribution in [3.05, 3.63) is 65.6 Å². The highest BCUT2D eigenvalue weighted by Gasteiger charge is 2.37. The van der Waals surface area contributed by atoms with Crippen LogP contribution >= 0.6 is 0 Å². The van der Waals surface area contributed by atoms with Gasteiger partial charge in [0.2, 0.25) is 17.7 Å². The second kappa shape index (κ2) is 9.00. The van der Waals surface area contributed by atoms with Crippen LogP contribution in [0.15, 0.2) is 46.9 Å². The van der Waals surface area contributed by atoms with E-state index in [2.05, 4.69) is 10.2 Å². The van der Waals surface area contributed by atoms with Gasteiger partial charge in [0.25, 0.3) is 5.89 Å². The number of benzene rings is 2. The molecule has 2 heterocycles. The van der Waals surface area contributed by atoms with Crippen LogP contribution in [-0.4, -0.2) is 40.0 Å². The molecule has 33 heavy (non-hydrogen) atoms. The van der Waals surface area contributed by atoms with E-state index < -0.39 is 29.9 Å². The quantitative estimate of drug-likeness (QED) is 0.518.